The summed E-state index contributed by atoms with van der Waals surface area (Å²) in [6.45, 7) is 2.11. The number of rotatable bonds is 5. The molecule has 0 spiro atoms. The van der Waals surface area contributed by atoms with Gasteiger partial charge in [0.25, 0.3) is 0 Å². The highest BCUT2D eigenvalue weighted by Gasteiger charge is 2.08. The molecular weight excluding hydrogens is 296 g/mol. The molecule has 0 aliphatic rings. The summed E-state index contributed by atoms with van der Waals surface area (Å²) in [6, 6.07) is 13.6. The third kappa shape index (κ3) is 3.89. The Bertz CT molecular complexity index is 659. The minimum absolute atomic E-state index is 0.518. The molecule has 0 atom stereocenters. The lowest BCUT2D eigenvalue weighted by atomic mass is 10.1. The molecule has 22 heavy (non-hydrogen) atoms. The first kappa shape index (κ1) is 16.1. The lowest BCUT2D eigenvalue weighted by Crippen LogP contribution is -2.20. The summed E-state index contributed by atoms with van der Waals surface area (Å²) in [6.07, 6.45) is 0.942. The maximum atomic E-state index is 5.39. The largest absolute Gasteiger partial charge is 0.497 e. The van der Waals surface area contributed by atoms with E-state index in [-0.39, 0.29) is 0 Å². The van der Waals surface area contributed by atoms with E-state index in [9.17, 15) is 0 Å². The fourth-order valence-corrected chi connectivity index (χ4v) is 2.35. The third-order valence-corrected chi connectivity index (χ3v) is 3.51. The third-order valence-electron chi connectivity index (χ3n) is 3.30. The molecule has 0 aromatic heterocycles. The molecule has 0 aliphatic carbocycles. The normalized spacial score (nSPS) is 9.95. The Hall–Kier alpha value is -2.27. The van der Waals surface area contributed by atoms with Crippen molar-refractivity contribution in [2.45, 2.75) is 13.3 Å². The Labute approximate surface area is 136 Å². The van der Waals surface area contributed by atoms with Gasteiger partial charge in [-0.1, -0.05) is 25.1 Å². The summed E-state index contributed by atoms with van der Waals surface area (Å²) in [5.41, 5.74) is 3.01. The molecule has 0 fully saturated rings. The van der Waals surface area contributed by atoms with Crippen molar-refractivity contribution in [1.29, 1.82) is 0 Å². The van der Waals surface area contributed by atoms with Gasteiger partial charge in [-0.3, -0.25) is 0 Å². The maximum absolute atomic E-state index is 5.39. The zero-order valence-corrected chi connectivity index (χ0v) is 13.8. The van der Waals surface area contributed by atoms with E-state index < -0.39 is 0 Å². The highest BCUT2D eigenvalue weighted by atomic mass is 32.1. The van der Waals surface area contributed by atoms with E-state index in [1.54, 1.807) is 14.2 Å². The van der Waals surface area contributed by atoms with Crippen LogP contribution >= 0.6 is 12.2 Å². The van der Waals surface area contributed by atoms with Gasteiger partial charge in [-0.15, -0.1) is 0 Å². The van der Waals surface area contributed by atoms with Crippen LogP contribution in [0.5, 0.6) is 11.5 Å². The summed E-state index contributed by atoms with van der Waals surface area (Å²) in [5, 5.41) is 6.89. The highest BCUT2D eigenvalue weighted by Crippen LogP contribution is 2.29. The molecule has 116 valence electrons. The molecule has 2 aromatic carbocycles. The first-order valence-corrected chi connectivity index (χ1v) is 7.46. The molecule has 2 aromatic rings. The van der Waals surface area contributed by atoms with Crippen LogP contribution in [0.15, 0.2) is 42.5 Å². The zero-order valence-electron chi connectivity index (χ0n) is 13.0. The van der Waals surface area contributed by atoms with Crippen molar-refractivity contribution in [3.63, 3.8) is 0 Å². The lowest BCUT2D eigenvalue weighted by Gasteiger charge is -2.15. The second-order valence-electron chi connectivity index (χ2n) is 4.66. The highest BCUT2D eigenvalue weighted by molar-refractivity contribution is 7.80. The van der Waals surface area contributed by atoms with E-state index in [1.165, 1.54) is 5.56 Å². The summed E-state index contributed by atoms with van der Waals surface area (Å²) in [5.74, 6) is 1.41. The summed E-state index contributed by atoms with van der Waals surface area (Å²) in [7, 11) is 3.23. The summed E-state index contributed by atoms with van der Waals surface area (Å²) < 4.78 is 10.5. The van der Waals surface area contributed by atoms with Gasteiger partial charge in [-0.2, -0.15) is 0 Å². The topological polar surface area (TPSA) is 42.5 Å². The second-order valence-corrected chi connectivity index (χ2v) is 5.06. The van der Waals surface area contributed by atoms with Crippen LogP contribution in [-0.4, -0.2) is 19.3 Å². The monoisotopic (exact) mass is 316 g/mol. The van der Waals surface area contributed by atoms with Crippen LogP contribution in [0, 0.1) is 0 Å². The first-order valence-electron chi connectivity index (χ1n) is 7.05. The zero-order chi connectivity index (χ0) is 15.9. The van der Waals surface area contributed by atoms with Crippen LogP contribution in [0.3, 0.4) is 0 Å². The molecule has 0 aliphatic heterocycles. The Morgan fingerprint density at radius 3 is 2.41 bits per heavy atom. The number of methoxy groups -OCH3 is 2. The van der Waals surface area contributed by atoms with Gasteiger partial charge in [-0.25, -0.2) is 0 Å². The van der Waals surface area contributed by atoms with E-state index >= 15 is 0 Å². The van der Waals surface area contributed by atoms with Crippen LogP contribution in [-0.2, 0) is 6.42 Å². The van der Waals surface area contributed by atoms with Crippen molar-refractivity contribution in [1.82, 2.24) is 0 Å². The molecule has 0 saturated heterocycles. The van der Waals surface area contributed by atoms with Crippen LogP contribution in [0.4, 0.5) is 11.4 Å². The standard InChI is InChI=1S/C17H20N2O2S/c1-4-12-7-5-6-8-14(12)18-17(22)19-15-10-9-13(20-2)11-16(15)21-3/h5-11H,4H2,1-3H3,(H2,18,19,22). The number of para-hydroxylation sites is 1. The number of nitrogens with one attached hydrogen (secondary N) is 2. The summed E-state index contributed by atoms with van der Waals surface area (Å²) in [4.78, 5) is 0. The molecule has 0 heterocycles. The quantitative estimate of drug-likeness (QED) is 0.814. The number of hydrogen-bond acceptors (Lipinski definition) is 3. The molecule has 4 nitrogen and oxygen atoms in total. The number of thiocarbonyl (C=S) groups is 1. The maximum Gasteiger partial charge on any atom is 0.175 e. The van der Waals surface area contributed by atoms with E-state index in [1.807, 2.05) is 36.4 Å². The van der Waals surface area contributed by atoms with Gasteiger partial charge in [0, 0.05) is 11.8 Å². The van der Waals surface area contributed by atoms with Crippen molar-refractivity contribution >= 4 is 28.7 Å². The smallest absolute Gasteiger partial charge is 0.175 e. The van der Waals surface area contributed by atoms with Crippen LogP contribution in [0.25, 0.3) is 0 Å². The summed E-state index contributed by atoms with van der Waals surface area (Å²) >= 11 is 5.39. The number of anilines is 2. The Balaban J connectivity index is 2.12. The molecular formula is C17H20N2O2S. The Morgan fingerprint density at radius 1 is 1.00 bits per heavy atom. The lowest BCUT2D eigenvalue weighted by molar-refractivity contribution is 0.395. The van der Waals surface area contributed by atoms with E-state index in [4.69, 9.17) is 21.7 Å². The van der Waals surface area contributed by atoms with E-state index in [2.05, 4.69) is 23.6 Å². The predicted molar refractivity (Wildman–Crippen MR) is 95.2 cm³/mol. The number of benzene rings is 2. The second kappa shape index (κ2) is 7.66. The van der Waals surface area contributed by atoms with Crippen molar-refractivity contribution in [2.24, 2.45) is 0 Å². The van der Waals surface area contributed by atoms with Gasteiger partial charge in [0.15, 0.2) is 5.11 Å². The van der Waals surface area contributed by atoms with E-state index in [0.29, 0.717) is 10.9 Å². The average Bonchev–Trinajstić information content (AvgIpc) is 2.55. The van der Waals surface area contributed by atoms with Gasteiger partial charge in [-0.05, 0) is 42.4 Å². The van der Waals surface area contributed by atoms with Crippen molar-refractivity contribution in [2.75, 3.05) is 24.9 Å². The fourth-order valence-electron chi connectivity index (χ4n) is 2.13. The number of aryl methyl sites for hydroxylation is 1. The molecule has 0 radical (unpaired) electrons. The first-order chi connectivity index (χ1) is 10.7. The predicted octanol–water partition coefficient (Wildman–Crippen LogP) is 4.08. The molecule has 0 bridgehead atoms. The molecule has 0 amide bonds. The minimum Gasteiger partial charge on any atom is -0.497 e. The molecule has 2 rings (SSSR count). The van der Waals surface area contributed by atoms with Gasteiger partial charge in [0.2, 0.25) is 0 Å². The van der Waals surface area contributed by atoms with Crippen LogP contribution in [0.1, 0.15) is 12.5 Å². The Morgan fingerprint density at radius 2 is 1.73 bits per heavy atom. The number of ether oxygens (including phenoxy) is 2. The molecule has 5 heteroatoms. The van der Waals surface area contributed by atoms with Crippen molar-refractivity contribution in [3.8, 4) is 11.5 Å². The van der Waals surface area contributed by atoms with E-state index in [0.717, 1.165) is 23.5 Å². The van der Waals surface area contributed by atoms with Crippen LogP contribution < -0.4 is 20.1 Å². The molecule has 0 saturated carbocycles. The van der Waals surface area contributed by atoms with Gasteiger partial charge >= 0.3 is 0 Å². The van der Waals surface area contributed by atoms with Gasteiger partial charge in [0.1, 0.15) is 11.5 Å². The number of hydrogen-bond donors (Lipinski definition) is 2. The van der Waals surface area contributed by atoms with Crippen LogP contribution in [0.2, 0.25) is 0 Å². The van der Waals surface area contributed by atoms with Gasteiger partial charge in [0.05, 0.1) is 19.9 Å². The van der Waals surface area contributed by atoms with Crippen molar-refractivity contribution in [3.05, 3.63) is 48.0 Å². The minimum atomic E-state index is 0.518. The average molecular weight is 316 g/mol. The van der Waals surface area contributed by atoms with Crippen molar-refractivity contribution < 1.29 is 9.47 Å². The molecule has 0 unspecified atom stereocenters. The van der Waals surface area contributed by atoms with Gasteiger partial charge < -0.3 is 20.1 Å². The fraction of sp³-hybridized carbons (Fsp3) is 0.235. The Kier molecular flexibility index (Phi) is 5.61. The SMILES string of the molecule is CCc1ccccc1NC(=S)Nc1ccc(OC)cc1OC. The molecule has 2 N–H and O–H groups in total.